The van der Waals surface area contributed by atoms with E-state index in [2.05, 4.69) is 26.8 Å². The van der Waals surface area contributed by atoms with Crippen LogP contribution in [0.4, 0.5) is 14.6 Å². The first-order valence-electron chi connectivity index (χ1n) is 12.6. The summed E-state index contributed by atoms with van der Waals surface area (Å²) in [6.45, 7) is 1.48. The molecule has 0 saturated carbocycles. The lowest BCUT2D eigenvalue weighted by Crippen LogP contribution is -2.37. The van der Waals surface area contributed by atoms with Crippen molar-refractivity contribution in [3.8, 4) is 29.1 Å². The fraction of sp³-hybridized carbons (Fsp3) is 0.310. The minimum absolute atomic E-state index is 0.00344. The maximum Gasteiger partial charge on any atom is 0.318 e. The van der Waals surface area contributed by atoms with Gasteiger partial charge < -0.3 is 14.5 Å². The number of ether oxygens (including phenoxy) is 1. The van der Waals surface area contributed by atoms with E-state index < -0.39 is 11.6 Å². The van der Waals surface area contributed by atoms with Gasteiger partial charge in [-0.1, -0.05) is 41.8 Å². The fourth-order valence-corrected chi connectivity index (χ4v) is 5.12. The van der Waals surface area contributed by atoms with Crippen LogP contribution in [0.3, 0.4) is 0 Å². The van der Waals surface area contributed by atoms with E-state index in [0.717, 1.165) is 0 Å². The summed E-state index contributed by atoms with van der Waals surface area (Å²) < 4.78 is 35.8. The third-order valence-electron chi connectivity index (χ3n) is 6.94. The quantitative estimate of drug-likeness (QED) is 0.333. The highest BCUT2D eigenvalue weighted by Gasteiger charge is 2.31. The first-order valence-corrected chi connectivity index (χ1v) is 13.0. The molecule has 2 aromatic carbocycles. The van der Waals surface area contributed by atoms with Crippen molar-refractivity contribution in [3.05, 3.63) is 53.2 Å². The SMILES string of the molecule is COc1nc(N(C)C2CCN(C(=O)C#CCN(C)C)C2)c2cnc(-c3cccc4ccc(F)c(Cl)c34)c(F)c2n1. The topological polar surface area (TPSA) is 74.7 Å². The third-order valence-corrected chi connectivity index (χ3v) is 7.31. The van der Waals surface area contributed by atoms with Crippen molar-refractivity contribution in [1.29, 1.82) is 0 Å². The van der Waals surface area contributed by atoms with Crippen molar-refractivity contribution in [2.24, 2.45) is 0 Å². The molecule has 1 saturated heterocycles. The number of anilines is 1. The zero-order chi connectivity index (χ0) is 28.6. The van der Waals surface area contributed by atoms with Crippen LogP contribution in [0, 0.1) is 23.5 Å². The van der Waals surface area contributed by atoms with Crippen LogP contribution in [0.2, 0.25) is 5.02 Å². The largest absolute Gasteiger partial charge is 0.467 e. The molecule has 3 heterocycles. The number of aromatic nitrogens is 3. The zero-order valence-electron chi connectivity index (χ0n) is 22.5. The molecule has 0 aliphatic carbocycles. The minimum Gasteiger partial charge on any atom is -0.467 e. The van der Waals surface area contributed by atoms with Crippen LogP contribution in [0.25, 0.3) is 32.9 Å². The standard InChI is InChI=1S/C29H27ClF2N6O2/c1-36(2)13-6-9-22(39)38-14-12-18(16-38)37(3)28-20-15-33-26(25(32)27(20)34-29(35-28)40-4)19-8-5-7-17-10-11-21(31)24(30)23(17)19/h5,7-8,10-11,15,18H,12-14,16H2,1-4H3. The number of likely N-dealkylation sites (tertiary alicyclic amines) is 1. The van der Waals surface area contributed by atoms with Crippen molar-refractivity contribution in [3.63, 3.8) is 0 Å². The van der Waals surface area contributed by atoms with Crippen LogP contribution in [0.15, 0.2) is 36.5 Å². The van der Waals surface area contributed by atoms with E-state index in [-0.39, 0.29) is 34.2 Å². The predicted molar refractivity (Wildman–Crippen MR) is 151 cm³/mol. The monoisotopic (exact) mass is 564 g/mol. The molecule has 2 aromatic heterocycles. The molecule has 11 heteroatoms. The van der Waals surface area contributed by atoms with Crippen LogP contribution in [-0.2, 0) is 4.79 Å². The van der Waals surface area contributed by atoms with Gasteiger partial charge in [0.15, 0.2) is 5.82 Å². The molecule has 0 spiro atoms. The lowest BCUT2D eigenvalue weighted by Gasteiger charge is -2.27. The molecule has 0 N–H and O–H groups in total. The summed E-state index contributed by atoms with van der Waals surface area (Å²) in [4.78, 5) is 31.3. The molecule has 1 atom stereocenters. The Balaban J connectivity index is 1.53. The highest BCUT2D eigenvalue weighted by molar-refractivity contribution is 6.36. The molecule has 1 unspecified atom stereocenters. The van der Waals surface area contributed by atoms with Crippen LogP contribution in [-0.4, -0.2) is 84.6 Å². The summed E-state index contributed by atoms with van der Waals surface area (Å²) >= 11 is 6.30. The molecule has 0 bridgehead atoms. The van der Waals surface area contributed by atoms with Gasteiger partial charge >= 0.3 is 6.01 Å². The van der Waals surface area contributed by atoms with Crippen molar-refractivity contribution in [2.75, 3.05) is 52.8 Å². The first kappa shape index (κ1) is 27.5. The molecule has 206 valence electrons. The number of halogens is 3. The Kier molecular flexibility index (Phi) is 7.70. The van der Waals surface area contributed by atoms with E-state index in [0.29, 0.717) is 53.6 Å². The lowest BCUT2D eigenvalue weighted by molar-refractivity contribution is -0.124. The Morgan fingerprint density at radius 1 is 1.20 bits per heavy atom. The molecule has 1 aliphatic rings. The van der Waals surface area contributed by atoms with Gasteiger partial charge in [0, 0.05) is 43.3 Å². The summed E-state index contributed by atoms with van der Waals surface area (Å²) in [5, 5.41) is 1.27. The number of nitrogens with zero attached hydrogens (tertiary/aromatic N) is 6. The summed E-state index contributed by atoms with van der Waals surface area (Å²) in [5.41, 5.74) is 0.326. The number of methoxy groups -OCH3 is 1. The smallest absolute Gasteiger partial charge is 0.318 e. The third kappa shape index (κ3) is 5.10. The van der Waals surface area contributed by atoms with E-state index in [1.165, 1.54) is 19.4 Å². The maximum atomic E-state index is 16.2. The molecular weight excluding hydrogens is 538 g/mol. The van der Waals surface area contributed by atoms with Crippen LogP contribution < -0.4 is 9.64 Å². The van der Waals surface area contributed by atoms with Gasteiger partial charge in [-0.25, -0.2) is 8.78 Å². The summed E-state index contributed by atoms with van der Waals surface area (Å²) in [7, 11) is 7.01. The Hall–Kier alpha value is -4.07. The highest BCUT2D eigenvalue weighted by atomic mass is 35.5. The van der Waals surface area contributed by atoms with Crippen molar-refractivity contribution >= 4 is 45.0 Å². The van der Waals surface area contributed by atoms with Crippen LogP contribution >= 0.6 is 11.6 Å². The van der Waals surface area contributed by atoms with E-state index in [9.17, 15) is 9.18 Å². The normalized spacial score (nSPS) is 15.0. The van der Waals surface area contributed by atoms with E-state index in [1.807, 2.05) is 30.9 Å². The first-order chi connectivity index (χ1) is 19.2. The number of likely N-dealkylation sites (N-methyl/N-ethyl adjacent to an activating group) is 1. The second kappa shape index (κ2) is 11.2. The van der Waals surface area contributed by atoms with Gasteiger partial charge in [-0.15, -0.1) is 0 Å². The van der Waals surface area contributed by atoms with Gasteiger partial charge in [0.25, 0.3) is 5.91 Å². The van der Waals surface area contributed by atoms with Gasteiger partial charge in [0.1, 0.15) is 22.8 Å². The van der Waals surface area contributed by atoms with Gasteiger partial charge in [0.05, 0.1) is 24.1 Å². The van der Waals surface area contributed by atoms with Gasteiger partial charge in [-0.2, -0.15) is 9.97 Å². The molecule has 8 nitrogen and oxygen atoms in total. The maximum absolute atomic E-state index is 16.2. The number of fused-ring (bicyclic) bond motifs is 2. The molecule has 1 amide bonds. The van der Waals surface area contributed by atoms with Crippen molar-refractivity contribution in [1.82, 2.24) is 24.8 Å². The number of carbonyl (C=O) groups excluding carboxylic acids is 1. The molecule has 40 heavy (non-hydrogen) atoms. The number of pyridine rings is 1. The lowest BCUT2D eigenvalue weighted by atomic mass is 10.0. The summed E-state index contributed by atoms with van der Waals surface area (Å²) in [6.07, 6.45) is 2.18. The second-order valence-corrected chi connectivity index (χ2v) is 10.2. The van der Waals surface area contributed by atoms with E-state index in [4.69, 9.17) is 16.3 Å². The molecule has 0 radical (unpaired) electrons. The number of hydrogen-bond donors (Lipinski definition) is 0. The molecular formula is C29H27ClF2N6O2. The van der Waals surface area contributed by atoms with E-state index >= 15 is 4.39 Å². The Morgan fingerprint density at radius 2 is 2.00 bits per heavy atom. The van der Waals surface area contributed by atoms with Gasteiger partial charge in [0.2, 0.25) is 0 Å². The number of carbonyl (C=O) groups is 1. The Labute approximate surface area is 235 Å². The van der Waals surface area contributed by atoms with Crippen LogP contribution in [0.1, 0.15) is 6.42 Å². The molecule has 1 fully saturated rings. The average molecular weight is 565 g/mol. The minimum atomic E-state index is -0.708. The zero-order valence-corrected chi connectivity index (χ0v) is 23.3. The van der Waals surface area contributed by atoms with Crippen molar-refractivity contribution in [2.45, 2.75) is 12.5 Å². The summed E-state index contributed by atoms with van der Waals surface area (Å²) in [5.74, 6) is 4.43. The number of hydrogen-bond acceptors (Lipinski definition) is 7. The van der Waals surface area contributed by atoms with Gasteiger partial charge in [-0.05, 0) is 37.9 Å². The van der Waals surface area contributed by atoms with E-state index in [1.54, 1.807) is 29.2 Å². The fourth-order valence-electron chi connectivity index (χ4n) is 4.84. The van der Waals surface area contributed by atoms with Gasteiger partial charge in [-0.3, -0.25) is 14.7 Å². The Bertz CT molecular complexity index is 1690. The molecule has 1 aliphatic heterocycles. The number of rotatable bonds is 5. The van der Waals surface area contributed by atoms with Crippen LogP contribution in [0.5, 0.6) is 6.01 Å². The highest BCUT2D eigenvalue weighted by Crippen LogP contribution is 2.38. The second-order valence-electron chi connectivity index (χ2n) is 9.83. The molecule has 4 aromatic rings. The predicted octanol–water partition coefficient (Wildman–Crippen LogP) is 4.39. The summed E-state index contributed by atoms with van der Waals surface area (Å²) in [6, 6.07) is 7.88. The molecule has 5 rings (SSSR count). The van der Waals surface area contributed by atoms with Crippen molar-refractivity contribution < 1.29 is 18.3 Å². The number of amides is 1. The Morgan fingerprint density at radius 3 is 2.75 bits per heavy atom. The number of benzene rings is 2. The average Bonchev–Trinajstić information content (AvgIpc) is 3.45.